The van der Waals surface area contributed by atoms with Crippen LogP contribution in [0.3, 0.4) is 0 Å². The van der Waals surface area contributed by atoms with Crippen LogP contribution in [0, 0.1) is 0 Å². The summed E-state index contributed by atoms with van der Waals surface area (Å²) < 4.78 is 0. The van der Waals surface area contributed by atoms with Crippen LogP contribution in [-0.2, 0) is 20.8 Å². The number of aryl methyl sites for hydroxylation is 1. The van der Waals surface area contributed by atoms with Gasteiger partial charge in [0.05, 0.1) is 0 Å². The molecular formula is C20H16N2O6. The van der Waals surface area contributed by atoms with Crippen molar-refractivity contribution in [1.82, 2.24) is 10.2 Å². The number of carbonyl (C=O) groups excluding carboxylic acids is 4. The number of aliphatic carboxylic acids is 1. The van der Waals surface area contributed by atoms with Crippen LogP contribution in [0.5, 0.6) is 0 Å². The third-order valence-corrected chi connectivity index (χ3v) is 5.08. The lowest BCUT2D eigenvalue weighted by Gasteiger charge is -2.34. The Hall–Kier alpha value is -3.55. The van der Waals surface area contributed by atoms with Crippen LogP contribution in [0.1, 0.15) is 45.5 Å². The highest BCUT2D eigenvalue weighted by molar-refractivity contribution is 6.27. The van der Waals surface area contributed by atoms with Gasteiger partial charge in [-0.25, -0.2) is 0 Å². The fourth-order valence-electron chi connectivity index (χ4n) is 3.80. The molecule has 8 nitrogen and oxygen atoms in total. The van der Waals surface area contributed by atoms with Gasteiger partial charge in [0.15, 0.2) is 0 Å². The molecule has 142 valence electrons. The maximum absolute atomic E-state index is 13.2. The van der Waals surface area contributed by atoms with Crippen molar-refractivity contribution in [2.24, 2.45) is 0 Å². The number of benzene rings is 2. The van der Waals surface area contributed by atoms with Crippen molar-refractivity contribution >= 4 is 40.4 Å². The number of rotatable bonds is 4. The summed E-state index contributed by atoms with van der Waals surface area (Å²) in [5.74, 6) is -3.24. The molecule has 1 fully saturated rings. The summed E-state index contributed by atoms with van der Waals surface area (Å²) in [5.41, 5.74) is 1.23. The Labute approximate surface area is 159 Å². The molecule has 2 aliphatic rings. The van der Waals surface area contributed by atoms with E-state index in [2.05, 4.69) is 5.32 Å². The number of amides is 4. The average molecular weight is 380 g/mol. The van der Waals surface area contributed by atoms with Gasteiger partial charge < -0.3 is 5.11 Å². The number of hydrogen-bond acceptors (Lipinski definition) is 5. The van der Waals surface area contributed by atoms with E-state index in [1.807, 2.05) is 0 Å². The Balaban J connectivity index is 1.81. The van der Waals surface area contributed by atoms with Gasteiger partial charge in [-0.15, -0.1) is 0 Å². The topological polar surface area (TPSA) is 121 Å². The number of piperidine rings is 1. The number of carbonyl (C=O) groups is 5. The Bertz CT molecular complexity index is 1070. The molecule has 2 aromatic carbocycles. The lowest BCUT2D eigenvalue weighted by molar-refractivity contribution is -0.137. The van der Waals surface area contributed by atoms with E-state index in [4.69, 9.17) is 5.11 Å². The van der Waals surface area contributed by atoms with Gasteiger partial charge in [-0.2, -0.15) is 0 Å². The SMILES string of the molecule is O=C(O)CCc1cc2c3c(cccc3c1)C(=O)N(C1CCC(=O)NC1=O)C2=O. The molecule has 0 aromatic heterocycles. The predicted octanol–water partition coefficient (Wildman–Crippen LogP) is 1.26. The molecular weight excluding hydrogens is 364 g/mol. The van der Waals surface area contributed by atoms with Gasteiger partial charge in [0.1, 0.15) is 6.04 Å². The van der Waals surface area contributed by atoms with Gasteiger partial charge in [0.2, 0.25) is 11.8 Å². The second-order valence-corrected chi connectivity index (χ2v) is 6.89. The fourth-order valence-corrected chi connectivity index (χ4v) is 3.80. The smallest absolute Gasteiger partial charge is 0.303 e. The van der Waals surface area contributed by atoms with Crippen molar-refractivity contribution < 1.29 is 29.1 Å². The monoisotopic (exact) mass is 380 g/mol. The Kier molecular flexibility index (Phi) is 4.18. The zero-order valence-corrected chi connectivity index (χ0v) is 14.7. The van der Waals surface area contributed by atoms with Gasteiger partial charge >= 0.3 is 5.97 Å². The Morgan fingerprint density at radius 3 is 2.57 bits per heavy atom. The van der Waals surface area contributed by atoms with Crippen molar-refractivity contribution in [3.8, 4) is 0 Å². The maximum atomic E-state index is 13.2. The Morgan fingerprint density at radius 1 is 1.11 bits per heavy atom. The lowest BCUT2D eigenvalue weighted by Crippen LogP contribution is -2.57. The van der Waals surface area contributed by atoms with Crippen LogP contribution in [0.25, 0.3) is 10.8 Å². The first-order valence-electron chi connectivity index (χ1n) is 8.86. The molecule has 8 heteroatoms. The molecule has 1 unspecified atom stereocenters. The molecule has 2 aromatic rings. The van der Waals surface area contributed by atoms with E-state index >= 15 is 0 Å². The number of nitrogens with one attached hydrogen (secondary N) is 1. The van der Waals surface area contributed by atoms with Crippen LogP contribution < -0.4 is 5.32 Å². The van der Waals surface area contributed by atoms with Gasteiger partial charge in [0.25, 0.3) is 11.8 Å². The maximum Gasteiger partial charge on any atom is 0.303 e. The van der Waals surface area contributed by atoms with Crippen LogP contribution in [-0.4, -0.2) is 45.6 Å². The van der Waals surface area contributed by atoms with E-state index < -0.39 is 35.6 Å². The van der Waals surface area contributed by atoms with E-state index in [0.29, 0.717) is 21.9 Å². The molecule has 1 saturated heterocycles. The third kappa shape index (κ3) is 2.83. The molecule has 2 heterocycles. The number of carboxylic acids is 1. The molecule has 28 heavy (non-hydrogen) atoms. The standard InChI is InChI=1S/C20H16N2O6/c23-15-6-5-14(18(26)21-15)22-19(27)12-3-1-2-11-8-10(4-7-16(24)25)9-13(17(11)12)20(22)28/h1-3,8-9,14H,4-7H2,(H,24,25)(H,21,23,26). The zero-order valence-electron chi connectivity index (χ0n) is 14.7. The quantitative estimate of drug-likeness (QED) is 0.771. The van der Waals surface area contributed by atoms with E-state index in [-0.39, 0.29) is 31.2 Å². The van der Waals surface area contributed by atoms with Crippen molar-refractivity contribution in [3.63, 3.8) is 0 Å². The summed E-state index contributed by atoms with van der Waals surface area (Å²) in [6.07, 6.45) is 0.270. The fraction of sp³-hybridized carbons (Fsp3) is 0.250. The molecule has 2 aliphatic heterocycles. The van der Waals surface area contributed by atoms with E-state index in [1.54, 1.807) is 30.3 Å². The Morgan fingerprint density at radius 2 is 1.86 bits per heavy atom. The summed E-state index contributed by atoms with van der Waals surface area (Å²) in [6.45, 7) is 0. The van der Waals surface area contributed by atoms with E-state index in [1.165, 1.54) is 0 Å². The van der Waals surface area contributed by atoms with E-state index in [9.17, 15) is 24.0 Å². The highest BCUT2D eigenvalue weighted by Crippen LogP contribution is 2.33. The van der Waals surface area contributed by atoms with Crippen molar-refractivity contribution in [1.29, 1.82) is 0 Å². The summed E-state index contributed by atoms with van der Waals surface area (Å²) in [4.78, 5) is 61.6. The van der Waals surface area contributed by atoms with Crippen LogP contribution in [0.15, 0.2) is 30.3 Å². The second-order valence-electron chi connectivity index (χ2n) is 6.89. The second kappa shape index (κ2) is 6.56. The first-order valence-corrected chi connectivity index (χ1v) is 8.86. The summed E-state index contributed by atoms with van der Waals surface area (Å²) in [5, 5.41) is 12.3. The number of nitrogens with zero attached hydrogens (tertiary/aromatic N) is 1. The molecule has 0 saturated carbocycles. The van der Waals surface area contributed by atoms with Crippen LogP contribution in [0.2, 0.25) is 0 Å². The molecule has 4 rings (SSSR count). The van der Waals surface area contributed by atoms with Gasteiger partial charge in [-0.3, -0.25) is 34.2 Å². The largest absolute Gasteiger partial charge is 0.481 e. The van der Waals surface area contributed by atoms with E-state index in [0.717, 1.165) is 4.90 Å². The van der Waals surface area contributed by atoms with Gasteiger partial charge in [-0.05, 0) is 35.9 Å². The van der Waals surface area contributed by atoms with Gasteiger partial charge in [0, 0.05) is 29.4 Å². The molecule has 0 radical (unpaired) electrons. The highest BCUT2D eigenvalue weighted by atomic mass is 16.4. The number of hydrogen-bond donors (Lipinski definition) is 2. The molecule has 2 N–H and O–H groups in total. The molecule has 4 amide bonds. The summed E-state index contributed by atoms with van der Waals surface area (Å²) in [7, 11) is 0. The summed E-state index contributed by atoms with van der Waals surface area (Å²) in [6, 6.07) is 7.34. The van der Waals surface area contributed by atoms with Crippen LogP contribution >= 0.6 is 0 Å². The lowest BCUT2D eigenvalue weighted by atomic mass is 9.89. The normalized spacial score (nSPS) is 19.1. The minimum absolute atomic E-state index is 0.0448. The third-order valence-electron chi connectivity index (χ3n) is 5.08. The minimum Gasteiger partial charge on any atom is -0.481 e. The van der Waals surface area contributed by atoms with Crippen molar-refractivity contribution in [2.45, 2.75) is 31.7 Å². The molecule has 0 bridgehead atoms. The minimum atomic E-state index is -1.05. The first kappa shape index (κ1) is 17.8. The van der Waals surface area contributed by atoms with Crippen molar-refractivity contribution in [3.05, 3.63) is 47.0 Å². The highest BCUT2D eigenvalue weighted by Gasteiger charge is 2.42. The number of carboxylic acid groups (broad SMARTS) is 1. The zero-order chi connectivity index (χ0) is 20.0. The van der Waals surface area contributed by atoms with Crippen LogP contribution in [0.4, 0.5) is 0 Å². The summed E-state index contributed by atoms with van der Waals surface area (Å²) >= 11 is 0. The molecule has 1 atom stereocenters. The van der Waals surface area contributed by atoms with Crippen molar-refractivity contribution in [2.75, 3.05) is 0 Å². The van der Waals surface area contributed by atoms with Gasteiger partial charge in [-0.1, -0.05) is 18.2 Å². The molecule has 0 spiro atoms. The molecule has 0 aliphatic carbocycles. The predicted molar refractivity (Wildman–Crippen MR) is 96.6 cm³/mol. The average Bonchev–Trinajstić information content (AvgIpc) is 2.65. The number of imide groups is 2. The first-order chi connectivity index (χ1) is 13.4.